The monoisotopic (exact) mass is 383 g/mol. The van der Waals surface area contributed by atoms with E-state index >= 15 is 0 Å². The zero-order chi connectivity index (χ0) is 17.9. The average Bonchev–Trinajstić information content (AvgIpc) is 3.29. The number of H-pyrrole nitrogens is 1. The molecule has 0 unspecified atom stereocenters. The number of halogens is 1. The topological polar surface area (TPSA) is 63.1 Å². The fraction of sp³-hybridized carbons (Fsp3) is 0.190. The third-order valence-corrected chi connectivity index (χ3v) is 4.48. The van der Waals surface area contributed by atoms with Crippen molar-refractivity contribution < 1.29 is 9.26 Å². The van der Waals surface area contributed by atoms with E-state index in [1.165, 1.54) is 16.5 Å². The van der Waals surface area contributed by atoms with Crippen LogP contribution in [0, 0.1) is 6.92 Å². The second-order valence-electron chi connectivity index (χ2n) is 6.37. The van der Waals surface area contributed by atoms with Crippen LogP contribution in [-0.4, -0.2) is 17.3 Å². The van der Waals surface area contributed by atoms with Crippen LogP contribution >= 0.6 is 12.4 Å². The standard InChI is InChI=1S/C21H21N3O2.ClH/c1-14-3-8-20-19(9-14)16(12-23-20)11-22-13-18-10-21(24-26-18)15-4-6-17(25-2)7-5-15;/h3-10,12,22-23H,11,13H2,1-2H3;1H. The first kappa shape index (κ1) is 19.0. The van der Waals surface area contributed by atoms with Crippen molar-refractivity contribution in [2.75, 3.05) is 7.11 Å². The van der Waals surface area contributed by atoms with E-state index in [0.717, 1.165) is 34.8 Å². The number of rotatable bonds is 6. The number of fused-ring (bicyclic) bond motifs is 1. The zero-order valence-corrected chi connectivity index (χ0v) is 16.1. The highest BCUT2D eigenvalue weighted by atomic mass is 35.5. The van der Waals surface area contributed by atoms with Crippen LogP contribution in [0.5, 0.6) is 5.75 Å². The van der Waals surface area contributed by atoms with Gasteiger partial charge in [-0.15, -0.1) is 12.4 Å². The molecule has 0 amide bonds. The number of aromatic nitrogens is 2. The van der Waals surface area contributed by atoms with Crippen LogP contribution in [-0.2, 0) is 13.1 Å². The molecule has 2 aromatic carbocycles. The molecule has 5 nitrogen and oxygen atoms in total. The van der Waals surface area contributed by atoms with Gasteiger partial charge in [-0.05, 0) is 48.9 Å². The van der Waals surface area contributed by atoms with Gasteiger partial charge in [0, 0.05) is 35.3 Å². The molecule has 0 aliphatic heterocycles. The van der Waals surface area contributed by atoms with Crippen molar-refractivity contribution in [2.24, 2.45) is 0 Å². The molecular weight excluding hydrogens is 362 g/mol. The molecule has 2 N–H and O–H groups in total. The van der Waals surface area contributed by atoms with Crippen molar-refractivity contribution in [3.8, 4) is 17.0 Å². The maximum Gasteiger partial charge on any atom is 0.151 e. The van der Waals surface area contributed by atoms with Crippen molar-refractivity contribution >= 4 is 23.3 Å². The normalized spacial score (nSPS) is 10.7. The molecule has 0 saturated carbocycles. The summed E-state index contributed by atoms with van der Waals surface area (Å²) in [6, 6.07) is 16.2. The molecule has 2 aromatic heterocycles. The third kappa shape index (κ3) is 4.15. The molecule has 6 heteroatoms. The van der Waals surface area contributed by atoms with E-state index in [2.05, 4.69) is 46.8 Å². The van der Waals surface area contributed by atoms with Gasteiger partial charge in [-0.2, -0.15) is 0 Å². The van der Waals surface area contributed by atoms with Crippen molar-refractivity contribution in [3.63, 3.8) is 0 Å². The third-order valence-electron chi connectivity index (χ3n) is 4.48. The summed E-state index contributed by atoms with van der Waals surface area (Å²) >= 11 is 0. The minimum atomic E-state index is 0. The lowest BCUT2D eigenvalue weighted by Gasteiger charge is -2.02. The van der Waals surface area contributed by atoms with Gasteiger partial charge in [0.1, 0.15) is 11.4 Å². The Hall–Kier alpha value is -2.76. The van der Waals surface area contributed by atoms with Gasteiger partial charge >= 0.3 is 0 Å². The number of aromatic amines is 1. The summed E-state index contributed by atoms with van der Waals surface area (Å²) < 4.78 is 10.6. The molecule has 140 valence electrons. The fourth-order valence-electron chi connectivity index (χ4n) is 3.05. The molecule has 4 rings (SSSR count). The molecule has 0 aliphatic carbocycles. The second-order valence-corrected chi connectivity index (χ2v) is 6.37. The van der Waals surface area contributed by atoms with Gasteiger partial charge in [0.05, 0.1) is 13.7 Å². The van der Waals surface area contributed by atoms with Crippen molar-refractivity contribution in [1.29, 1.82) is 0 Å². The summed E-state index contributed by atoms with van der Waals surface area (Å²) in [5.74, 6) is 1.64. The molecule has 0 fully saturated rings. The lowest BCUT2D eigenvalue weighted by molar-refractivity contribution is 0.374. The van der Waals surface area contributed by atoms with E-state index in [-0.39, 0.29) is 12.4 Å². The highest BCUT2D eigenvalue weighted by Crippen LogP contribution is 2.23. The zero-order valence-electron chi connectivity index (χ0n) is 15.3. The molecule has 0 atom stereocenters. The Balaban J connectivity index is 0.00000210. The van der Waals surface area contributed by atoms with Gasteiger partial charge in [-0.3, -0.25) is 0 Å². The maximum absolute atomic E-state index is 5.45. The first-order valence-corrected chi connectivity index (χ1v) is 8.60. The lowest BCUT2D eigenvalue weighted by atomic mass is 10.1. The molecule has 27 heavy (non-hydrogen) atoms. The SMILES string of the molecule is COc1ccc(-c2cc(CNCc3c[nH]c4ccc(C)cc34)on2)cc1.Cl. The molecule has 0 spiro atoms. The number of ether oxygens (including phenoxy) is 1. The smallest absolute Gasteiger partial charge is 0.151 e. The number of methoxy groups -OCH3 is 1. The summed E-state index contributed by atoms with van der Waals surface area (Å²) in [6.07, 6.45) is 2.06. The predicted molar refractivity (Wildman–Crippen MR) is 109 cm³/mol. The minimum absolute atomic E-state index is 0. The summed E-state index contributed by atoms with van der Waals surface area (Å²) in [7, 11) is 1.66. The Kier molecular flexibility index (Phi) is 5.84. The van der Waals surface area contributed by atoms with Crippen LogP contribution in [0.25, 0.3) is 22.2 Å². The van der Waals surface area contributed by atoms with E-state index < -0.39 is 0 Å². The molecule has 0 saturated heterocycles. The largest absolute Gasteiger partial charge is 0.497 e. The number of hydrogen-bond acceptors (Lipinski definition) is 4. The molecule has 4 aromatic rings. The Bertz CT molecular complexity index is 1020. The Morgan fingerprint density at radius 1 is 1.07 bits per heavy atom. The van der Waals surface area contributed by atoms with Crippen LogP contribution in [0.4, 0.5) is 0 Å². The summed E-state index contributed by atoms with van der Waals surface area (Å²) in [4.78, 5) is 3.31. The lowest BCUT2D eigenvalue weighted by Crippen LogP contribution is -2.11. The number of hydrogen-bond donors (Lipinski definition) is 2. The molecule has 0 aliphatic rings. The van der Waals surface area contributed by atoms with E-state index in [9.17, 15) is 0 Å². The van der Waals surface area contributed by atoms with Gasteiger partial charge in [0.2, 0.25) is 0 Å². The first-order chi connectivity index (χ1) is 12.7. The van der Waals surface area contributed by atoms with E-state index in [4.69, 9.17) is 9.26 Å². The van der Waals surface area contributed by atoms with Crippen LogP contribution in [0.3, 0.4) is 0 Å². The van der Waals surface area contributed by atoms with Gasteiger partial charge in [0.25, 0.3) is 0 Å². The second kappa shape index (κ2) is 8.29. The van der Waals surface area contributed by atoms with Gasteiger partial charge in [-0.25, -0.2) is 0 Å². The predicted octanol–water partition coefficient (Wildman–Crippen LogP) is 4.85. The van der Waals surface area contributed by atoms with Gasteiger partial charge in [0.15, 0.2) is 5.76 Å². The highest BCUT2D eigenvalue weighted by molar-refractivity contribution is 5.85. The first-order valence-electron chi connectivity index (χ1n) is 8.60. The summed E-state index contributed by atoms with van der Waals surface area (Å²) in [6.45, 7) is 3.50. The van der Waals surface area contributed by atoms with Crippen LogP contribution in [0.1, 0.15) is 16.9 Å². The Labute approximate surface area is 164 Å². The van der Waals surface area contributed by atoms with E-state index in [0.29, 0.717) is 6.54 Å². The van der Waals surface area contributed by atoms with Crippen LogP contribution in [0.2, 0.25) is 0 Å². The Morgan fingerprint density at radius 3 is 2.67 bits per heavy atom. The fourth-order valence-corrected chi connectivity index (χ4v) is 3.05. The molecule has 2 heterocycles. The van der Waals surface area contributed by atoms with Crippen LogP contribution < -0.4 is 10.1 Å². The molecule has 0 bridgehead atoms. The van der Waals surface area contributed by atoms with Crippen LogP contribution in [0.15, 0.2) is 59.3 Å². The Morgan fingerprint density at radius 2 is 1.89 bits per heavy atom. The van der Waals surface area contributed by atoms with Crippen molar-refractivity contribution in [3.05, 3.63) is 71.6 Å². The van der Waals surface area contributed by atoms with Gasteiger partial charge in [-0.1, -0.05) is 16.8 Å². The van der Waals surface area contributed by atoms with Crippen molar-refractivity contribution in [1.82, 2.24) is 15.5 Å². The number of benzene rings is 2. The van der Waals surface area contributed by atoms with E-state index in [1.807, 2.05) is 30.3 Å². The molecule has 0 radical (unpaired) electrons. The molecular formula is C21H22ClN3O2. The quantitative estimate of drug-likeness (QED) is 0.499. The average molecular weight is 384 g/mol. The minimum Gasteiger partial charge on any atom is -0.497 e. The van der Waals surface area contributed by atoms with Gasteiger partial charge < -0.3 is 19.6 Å². The summed E-state index contributed by atoms with van der Waals surface area (Å²) in [5, 5.41) is 8.84. The highest BCUT2D eigenvalue weighted by Gasteiger charge is 2.08. The van der Waals surface area contributed by atoms with Crippen molar-refractivity contribution in [2.45, 2.75) is 20.0 Å². The number of nitrogens with zero attached hydrogens (tertiary/aromatic N) is 1. The number of nitrogens with one attached hydrogen (secondary N) is 2. The summed E-state index contributed by atoms with van der Waals surface area (Å²) in [5.41, 5.74) is 5.50. The number of aryl methyl sites for hydroxylation is 1. The maximum atomic E-state index is 5.45. The van der Waals surface area contributed by atoms with E-state index in [1.54, 1.807) is 7.11 Å².